The van der Waals surface area contributed by atoms with Crippen LogP contribution in [0.4, 0.5) is 11.4 Å². The van der Waals surface area contributed by atoms with Gasteiger partial charge in [-0.3, -0.25) is 14.4 Å². The summed E-state index contributed by atoms with van der Waals surface area (Å²) < 4.78 is 0. The van der Waals surface area contributed by atoms with E-state index in [0.29, 0.717) is 22.2 Å². The van der Waals surface area contributed by atoms with Gasteiger partial charge in [0.15, 0.2) is 11.6 Å². The molecule has 1 saturated heterocycles. The van der Waals surface area contributed by atoms with Crippen molar-refractivity contribution in [2.75, 3.05) is 10.2 Å². The molecule has 3 heterocycles. The van der Waals surface area contributed by atoms with Crippen LogP contribution in [0.3, 0.4) is 0 Å². The standard InChI is InChI=1S/C32H29ClN2O3/c1-18(2)16-20-8-10-21(11-9-20)30(37)28-29(19(3)36)35-26-14-13-23(33)17-22(26)12-15-27(35)32(28)24-6-4-5-7-25(24)34-31(32)38/h4-15,17-18,27-29H,16H2,1-3H3,(H,34,38)/t27-,28-,29-,32+/m1/s1. The molecule has 0 saturated carbocycles. The zero-order chi connectivity index (χ0) is 26.8. The second kappa shape index (κ2) is 8.95. The van der Waals surface area contributed by atoms with Crippen LogP contribution in [-0.2, 0) is 21.4 Å². The third-order valence-electron chi connectivity index (χ3n) is 8.18. The van der Waals surface area contributed by atoms with E-state index in [2.05, 4.69) is 19.2 Å². The van der Waals surface area contributed by atoms with E-state index >= 15 is 0 Å². The number of Topliss-reactive ketones (excluding diaryl/α,β-unsaturated/α-hetero) is 2. The van der Waals surface area contributed by atoms with Crippen LogP contribution < -0.4 is 10.2 Å². The van der Waals surface area contributed by atoms with E-state index in [9.17, 15) is 14.4 Å². The van der Waals surface area contributed by atoms with Crippen LogP contribution in [0.5, 0.6) is 0 Å². The summed E-state index contributed by atoms with van der Waals surface area (Å²) in [6, 6.07) is 19.3. The lowest BCUT2D eigenvalue weighted by Crippen LogP contribution is -2.51. The number of benzene rings is 3. The van der Waals surface area contributed by atoms with Gasteiger partial charge >= 0.3 is 0 Å². The van der Waals surface area contributed by atoms with Crippen molar-refractivity contribution in [3.8, 4) is 0 Å². The highest BCUT2D eigenvalue weighted by Gasteiger charge is 2.69. The summed E-state index contributed by atoms with van der Waals surface area (Å²) in [7, 11) is 0. The molecule has 3 aliphatic rings. The lowest BCUT2D eigenvalue weighted by atomic mass is 9.64. The Bertz CT molecular complexity index is 1510. The Morgan fingerprint density at radius 1 is 1.05 bits per heavy atom. The largest absolute Gasteiger partial charge is 0.352 e. The summed E-state index contributed by atoms with van der Waals surface area (Å²) >= 11 is 6.29. The molecule has 1 spiro atoms. The Morgan fingerprint density at radius 2 is 1.79 bits per heavy atom. The van der Waals surface area contributed by atoms with Crippen molar-refractivity contribution in [2.45, 2.75) is 44.7 Å². The molecular formula is C32H29ClN2O3. The lowest BCUT2D eigenvalue weighted by Gasteiger charge is -2.37. The van der Waals surface area contributed by atoms with Gasteiger partial charge in [-0.25, -0.2) is 0 Å². The first-order chi connectivity index (χ1) is 18.2. The quantitative estimate of drug-likeness (QED) is 0.409. The Labute approximate surface area is 227 Å². The van der Waals surface area contributed by atoms with Gasteiger partial charge < -0.3 is 10.2 Å². The topological polar surface area (TPSA) is 66.5 Å². The van der Waals surface area contributed by atoms with Gasteiger partial charge in [0.25, 0.3) is 0 Å². The van der Waals surface area contributed by atoms with E-state index in [0.717, 1.165) is 28.8 Å². The summed E-state index contributed by atoms with van der Waals surface area (Å²) in [5.74, 6) is -1.04. The van der Waals surface area contributed by atoms with Crippen LogP contribution >= 0.6 is 11.6 Å². The molecule has 3 aromatic rings. The zero-order valence-corrected chi connectivity index (χ0v) is 22.3. The molecule has 38 heavy (non-hydrogen) atoms. The molecule has 0 radical (unpaired) electrons. The lowest BCUT2D eigenvalue weighted by molar-refractivity contribution is -0.122. The Morgan fingerprint density at radius 3 is 2.50 bits per heavy atom. The van der Waals surface area contributed by atoms with E-state index in [-0.39, 0.29) is 17.5 Å². The molecule has 1 N–H and O–H groups in total. The molecule has 4 atom stereocenters. The fourth-order valence-corrected chi connectivity index (χ4v) is 6.94. The van der Waals surface area contributed by atoms with E-state index in [1.807, 2.05) is 77.7 Å². The second-order valence-corrected chi connectivity index (χ2v) is 11.4. The third kappa shape index (κ3) is 3.48. The van der Waals surface area contributed by atoms with Crippen LogP contribution in [0.1, 0.15) is 47.8 Å². The zero-order valence-electron chi connectivity index (χ0n) is 21.6. The van der Waals surface area contributed by atoms with E-state index in [1.165, 1.54) is 6.92 Å². The number of carbonyl (C=O) groups is 3. The van der Waals surface area contributed by atoms with Crippen molar-refractivity contribution in [1.29, 1.82) is 0 Å². The molecule has 192 valence electrons. The molecule has 0 aromatic heterocycles. The number of nitrogens with zero attached hydrogens (tertiary/aromatic N) is 1. The normalized spacial score (nSPS) is 24.8. The van der Waals surface area contributed by atoms with Crippen LogP contribution in [-0.4, -0.2) is 29.6 Å². The smallest absolute Gasteiger partial charge is 0.238 e. The highest BCUT2D eigenvalue weighted by atomic mass is 35.5. The number of ketones is 2. The average Bonchev–Trinajstić information content (AvgIpc) is 3.36. The molecule has 6 heteroatoms. The molecular weight excluding hydrogens is 496 g/mol. The molecule has 1 amide bonds. The van der Waals surface area contributed by atoms with Crippen LogP contribution in [0.2, 0.25) is 5.02 Å². The van der Waals surface area contributed by atoms with Gasteiger partial charge in [-0.05, 0) is 60.2 Å². The first kappa shape index (κ1) is 24.6. The number of halogens is 1. The van der Waals surface area contributed by atoms with Gasteiger partial charge in [0.2, 0.25) is 5.91 Å². The monoisotopic (exact) mass is 524 g/mol. The van der Waals surface area contributed by atoms with Crippen LogP contribution in [0.25, 0.3) is 6.08 Å². The fraction of sp³-hybridized carbons (Fsp3) is 0.281. The summed E-state index contributed by atoms with van der Waals surface area (Å²) in [5.41, 5.74) is 3.47. The predicted octanol–water partition coefficient (Wildman–Crippen LogP) is 6.10. The number of anilines is 2. The Balaban J connectivity index is 1.58. The van der Waals surface area contributed by atoms with Crippen molar-refractivity contribution in [3.63, 3.8) is 0 Å². The van der Waals surface area contributed by atoms with Crippen molar-refractivity contribution >= 4 is 46.5 Å². The number of para-hydroxylation sites is 1. The highest BCUT2D eigenvalue weighted by molar-refractivity contribution is 6.31. The minimum atomic E-state index is -1.27. The van der Waals surface area contributed by atoms with Gasteiger partial charge in [-0.2, -0.15) is 0 Å². The molecule has 6 rings (SSSR count). The number of hydrogen-bond donors (Lipinski definition) is 1. The maximum atomic E-state index is 14.5. The second-order valence-electron chi connectivity index (χ2n) is 11.0. The third-order valence-corrected chi connectivity index (χ3v) is 8.41. The number of rotatable bonds is 5. The Hall–Kier alpha value is -3.70. The summed E-state index contributed by atoms with van der Waals surface area (Å²) in [6.45, 7) is 5.83. The molecule has 0 aliphatic carbocycles. The van der Waals surface area contributed by atoms with Crippen LogP contribution in [0.15, 0.2) is 72.8 Å². The van der Waals surface area contributed by atoms with Crippen molar-refractivity contribution in [1.82, 2.24) is 0 Å². The predicted molar refractivity (Wildman–Crippen MR) is 151 cm³/mol. The maximum absolute atomic E-state index is 14.5. The number of hydrogen-bond acceptors (Lipinski definition) is 4. The number of nitrogens with one attached hydrogen (secondary N) is 1. The SMILES string of the molecule is CC(=O)[C@@H]1[C@H](C(=O)c2ccc(CC(C)C)cc2)[C@@]2(C(=O)Nc3ccccc32)[C@H]2C=Cc3cc(Cl)ccc3N12. The first-order valence-corrected chi connectivity index (χ1v) is 13.4. The minimum absolute atomic E-state index is 0.157. The molecule has 5 nitrogen and oxygen atoms in total. The van der Waals surface area contributed by atoms with Crippen molar-refractivity contribution in [3.05, 3.63) is 100 Å². The molecule has 0 unspecified atom stereocenters. The molecule has 0 bridgehead atoms. The van der Waals surface area contributed by atoms with Gasteiger partial charge in [-0.15, -0.1) is 0 Å². The van der Waals surface area contributed by atoms with E-state index in [4.69, 9.17) is 11.6 Å². The number of fused-ring (bicyclic) bond motifs is 6. The summed E-state index contributed by atoms with van der Waals surface area (Å²) in [6.07, 6.45) is 4.81. The highest BCUT2D eigenvalue weighted by Crippen LogP contribution is 2.57. The fourth-order valence-electron chi connectivity index (χ4n) is 6.76. The molecule has 3 aliphatic heterocycles. The first-order valence-electron chi connectivity index (χ1n) is 13.0. The van der Waals surface area contributed by atoms with Crippen molar-refractivity contribution < 1.29 is 14.4 Å². The maximum Gasteiger partial charge on any atom is 0.238 e. The summed E-state index contributed by atoms with van der Waals surface area (Å²) in [5, 5.41) is 3.62. The molecule has 1 fully saturated rings. The Kier molecular flexibility index (Phi) is 5.80. The molecule has 3 aromatic carbocycles. The number of carbonyl (C=O) groups excluding carboxylic acids is 3. The number of amides is 1. The average molecular weight is 525 g/mol. The van der Waals surface area contributed by atoms with Gasteiger partial charge in [0.1, 0.15) is 5.41 Å². The van der Waals surface area contributed by atoms with Gasteiger partial charge in [0.05, 0.1) is 18.0 Å². The van der Waals surface area contributed by atoms with E-state index < -0.39 is 23.4 Å². The van der Waals surface area contributed by atoms with Crippen LogP contribution in [0, 0.1) is 11.8 Å². The van der Waals surface area contributed by atoms with Crippen molar-refractivity contribution in [2.24, 2.45) is 11.8 Å². The van der Waals surface area contributed by atoms with Gasteiger partial charge in [-0.1, -0.05) is 80.1 Å². The minimum Gasteiger partial charge on any atom is -0.352 e. The van der Waals surface area contributed by atoms with Gasteiger partial charge in [0, 0.05) is 22.0 Å². The van der Waals surface area contributed by atoms with E-state index in [1.54, 1.807) is 6.07 Å². The summed E-state index contributed by atoms with van der Waals surface area (Å²) in [4.78, 5) is 44.1.